The van der Waals surface area contributed by atoms with Crippen molar-refractivity contribution in [1.82, 2.24) is 10.3 Å². The summed E-state index contributed by atoms with van der Waals surface area (Å²) in [5, 5.41) is 4.72. The van der Waals surface area contributed by atoms with Crippen molar-refractivity contribution in [3.8, 4) is 5.75 Å². The average Bonchev–Trinajstić information content (AvgIpc) is 3.10. The zero-order chi connectivity index (χ0) is 19.8. The Kier molecular flexibility index (Phi) is 4.57. The van der Waals surface area contributed by atoms with Crippen molar-refractivity contribution in [2.45, 2.75) is 26.0 Å². The summed E-state index contributed by atoms with van der Waals surface area (Å²) in [7, 11) is 0. The van der Waals surface area contributed by atoms with Gasteiger partial charge in [-0.05, 0) is 65.9 Å². The second-order valence-electron chi connectivity index (χ2n) is 7.70. The molecule has 2 heterocycles. The molecule has 0 fully saturated rings. The molecule has 3 nitrogen and oxygen atoms in total. The van der Waals surface area contributed by atoms with Crippen molar-refractivity contribution in [2.75, 3.05) is 6.54 Å². The number of aromatic nitrogens is 1. The number of H-pyrrole nitrogens is 1. The van der Waals surface area contributed by atoms with E-state index in [9.17, 15) is 4.39 Å². The van der Waals surface area contributed by atoms with Gasteiger partial charge < -0.3 is 15.0 Å². The highest BCUT2D eigenvalue weighted by atomic mass is 19.1. The topological polar surface area (TPSA) is 37.0 Å². The van der Waals surface area contributed by atoms with Gasteiger partial charge in [0.25, 0.3) is 0 Å². The molecule has 1 aliphatic heterocycles. The van der Waals surface area contributed by atoms with Crippen LogP contribution >= 0.6 is 0 Å². The van der Waals surface area contributed by atoms with E-state index in [1.165, 1.54) is 10.9 Å². The lowest BCUT2D eigenvalue weighted by Gasteiger charge is -2.25. The van der Waals surface area contributed by atoms with Gasteiger partial charge in [0.05, 0.1) is 6.04 Å². The number of ether oxygens (including phenoxy) is 1. The molecule has 0 bridgehead atoms. The summed E-state index contributed by atoms with van der Waals surface area (Å²) in [4.78, 5) is 3.56. The summed E-state index contributed by atoms with van der Waals surface area (Å²) < 4.78 is 20.0. The van der Waals surface area contributed by atoms with Gasteiger partial charge in [-0.15, -0.1) is 0 Å². The van der Waals surface area contributed by atoms with Crippen LogP contribution in [0.5, 0.6) is 5.75 Å². The van der Waals surface area contributed by atoms with E-state index in [0.29, 0.717) is 6.61 Å². The summed E-state index contributed by atoms with van der Waals surface area (Å²) >= 11 is 0. The molecule has 1 atom stereocenters. The third kappa shape index (κ3) is 3.52. The molecule has 0 radical (unpaired) electrons. The number of halogens is 1. The van der Waals surface area contributed by atoms with Crippen LogP contribution in [-0.2, 0) is 13.0 Å². The van der Waals surface area contributed by atoms with E-state index in [-0.39, 0.29) is 11.9 Å². The van der Waals surface area contributed by atoms with Gasteiger partial charge in [-0.3, -0.25) is 0 Å². The lowest BCUT2D eigenvalue weighted by molar-refractivity contribution is 0.306. The Morgan fingerprint density at radius 3 is 2.72 bits per heavy atom. The standard InChI is InChI=1S/C25H23FN2O/c1-16-11-18(13-19(26)12-16)24-25-21(9-10-27-24)22-14-20(7-8-23(22)28-25)29-15-17-5-3-2-4-6-17/h2-8,11-14,24,27-28H,9-10,15H2,1H3. The SMILES string of the molecule is Cc1cc(F)cc(C2NCCc3c2[nH]c2ccc(OCc4ccccc4)cc32)c1. The molecule has 4 heteroatoms. The predicted octanol–water partition coefficient (Wildman–Crippen LogP) is 5.43. The van der Waals surface area contributed by atoms with Crippen LogP contribution in [0.25, 0.3) is 10.9 Å². The Labute approximate surface area is 169 Å². The molecule has 0 saturated heterocycles. The van der Waals surface area contributed by atoms with Crippen molar-refractivity contribution < 1.29 is 9.13 Å². The van der Waals surface area contributed by atoms with Crippen LogP contribution in [0.4, 0.5) is 4.39 Å². The smallest absolute Gasteiger partial charge is 0.123 e. The maximum Gasteiger partial charge on any atom is 0.123 e. The Morgan fingerprint density at radius 1 is 1.03 bits per heavy atom. The molecular weight excluding hydrogens is 363 g/mol. The molecule has 2 N–H and O–H groups in total. The van der Waals surface area contributed by atoms with Gasteiger partial charge in [-0.2, -0.15) is 0 Å². The number of fused-ring (bicyclic) bond motifs is 3. The molecule has 1 unspecified atom stereocenters. The Balaban J connectivity index is 1.49. The first-order valence-corrected chi connectivity index (χ1v) is 9.99. The van der Waals surface area contributed by atoms with Gasteiger partial charge in [-0.1, -0.05) is 36.4 Å². The quantitative estimate of drug-likeness (QED) is 0.491. The fourth-order valence-corrected chi connectivity index (χ4v) is 4.25. The van der Waals surface area contributed by atoms with Crippen LogP contribution < -0.4 is 10.1 Å². The van der Waals surface area contributed by atoms with Crippen molar-refractivity contribution in [2.24, 2.45) is 0 Å². The molecule has 1 aliphatic rings. The van der Waals surface area contributed by atoms with Crippen molar-refractivity contribution >= 4 is 10.9 Å². The van der Waals surface area contributed by atoms with Crippen LogP contribution in [0.15, 0.2) is 66.7 Å². The number of hydrogen-bond acceptors (Lipinski definition) is 2. The largest absolute Gasteiger partial charge is 0.489 e. The lowest BCUT2D eigenvalue weighted by Crippen LogP contribution is -2.30. The number of nitrogens with one attached hydrogen (secondary N) is 2. The minimum atomic E-state index is -0.193. The number of aryl methyl sites for hydroxylation is 1. The van der Waals surface area contributed by atoms with Crippen molar-refractivity contribution in [3.05, 3.63) is 100 Å². The van der Waals surface area contributed by atoms with Crippen molar-refractivity contribution in [3.63, 3.8) is 0 Å². The Bertz CT molecular complexity index is 1150. The maximum absolute atomic E-state index is 14.0. The predicted molar refractivity (Wildman–Crippen MR) is 114 cm³/mol. The van der Waals surface area contributed by atoms with Gasteiger partial charge in [0.2, 0.25) is 0 Å². The fourth-order valence-electron chi connectivity index (χ4n) is 4.25. The zero-order valence-electron chi connectivity index (χ0n) is 16.3. The monoisotopic (exact) mass is 386 g/mol. The van der Waals surface area contributed by atoms with Crippen LogP contribution in [0.1, 0.15) is 34.0 Å². The van der Waals surface area contributed by atoms with Gasteiger partial charge in [0, 0.05) is 23.1 Å². The normalized spacial score (nSPS) is 16.0. The molecule has 29 heavy (non-hydrogen) atoms. The Morgan fingerprint density at radius 2 is 1.90 bits per heavy atom. The molecule has 0 amide bonds. The van der Waals surface area contributed by atoms with Crippen LogP contribution in [0, 0.1) is 12.7 Å². The van der Waals surface area contributed by atoms with E-state index < -0.39 is 0 Å². The summed E-state index contributed by atoms with van der Waals surface area (Å²) in [6, 6.07) is 21.6. The number of aromatic amines is 1. The summed E-state index contributed by atoms with van der Waals surface area (Å²) in [5.74, 6) is 0.668. The molecule has 0 aliphatic carbocycles. The van der Waals surface area contributed by atoms with Gasteiger partial charge in [0.15, 0.2) is 0 Å². The first-order chi connectivity index (χ1) is 14.2. The molecule has 0 spiro atoms. The number of hydrogen-bond donors (Lipinski definition) is 2. The molecule has 3 aromatic carbocycles. The minimum Gasteiger partial charge on any atom is -0.489 e. The highest BCUT2D eigenvalue weighted by Crippen LogP contribution is 2.35. The number of benzene rings is 3. The van der Waals surface area contributed by atoms with E-state index in [1.807, 2.05) is 31.2 Å². The summed E-state index contributed by atoms with van der Waals surface area (Å²) in [6.45, 7) is 3.33. The molecule has 5 rings (SSSR count). The van der Waals surface area contributed by atoms with E-state index in [4.69, 9.17) is 4.74 Å². The van der Waals surface area contributed by atoms with Crippen LogP contribution in [-0.4, -0.2) is 11.5 Å². The summed E-state index contributed by atoms with van der Waals surface area (Å²) in [5.41, 5.74) is 6.53. The first-order valence-electron chi connectivity index (χ1n) is 9.99. The lowest BCUT2D eigenvalue weighted by atomic mass is 9.93. The zero-order valence-corrected chi connectivity index (χ0v) is 16.3. The molecule has 1 aromatic heterocycles. The maximum atomic E-state index is 14.0. The van der Waals surface area contributed by atoms with Gasteiger partial charge in [-0.25, -0.2) is 4.39 Å². The molecular formula is C25H23FN2O. The molecule has 0 saturated carbocycles. The highest BCUT2D eigenvalue weighted by Gasteiger charge is 2.26. The summed E-state index contributed by atoms with van der Waals surface area (Å²) in [6.07, 6.45) is 0.933. The fraction of sp³-hybridized carbons (Fsp3) is 0.200. The highest BCUT2D eigenvalue weighted by molar-refractivity contribution is 5.86. The first kappa shape index (κ1) is 18.0. The van der Waals surface area contributed by atoms with Crippen LogP contribution in [0.3, 0.4) is 0 Å². The molecule has 4 aromatic rings. The minimum absolute atomic E-state index is 0.0331. The van der Waals surface area contributed by atoms with E-state index in [1.54, 1.807) is 12.1 Å². The van der Waals surface area contributed by atoms with Crippen molar-refractivity contribution in [1.29, 1.82) is 0 Å². The van der Waals surface area contributed by atoms with E-state index in [2.05, 4.69) is 40.6 Å². The third-order valence-electron chi connectivity index (χ3n) is 5.57. The van der Waals surface area contributed by atoms with E-state index in [0.717, 1.165) is 46.6 Å². The van der Waals surface area contributed by atoms with Crippen LogP contribution in [0.2, 0.25) is 0 Å². The van der Waals surface area contributed by atoms with Gasteiger partial charge >= 0.3 is 0 Å². The second-order valence-corrected chi connectivity index (χ2v) is 7.70. The average molecular weight is 386 g/mol. The van der Waals surface area contributed by atoms with E-state index >= 15 is 0 Å². The Hall–Kier alpha value is -3.11. The second kappa shape index (κ2) is 7.37. The third-order valence-corrected chi connectivity index (χ3v) is 5.57. The van der Waals surface area contributed by atoms with Gasteiger partial charge in [0.1, 0.15) is 18.2 Å². The molecule has 146 valence electrons. The number of rotatable bonds is 4.